The van der Waals surface area contributed by atoms with Crippen LogP contribution in [-0.4, -0.2) is 16.7 Å². The Morgan fingerprint density at radius 2 is 1.41 bits per heavy atom. The van der Waals surface area contributed by atoms with E-state index in [9.17, 15) is 14.7 Å². The van der Waals surface area contributed by atoms with Gasteiger partial charge in [-0.15, -0.1) is 0 Å². The van der Waals surface area contributed by atoms with Crippen LogP contribution in [0.2, 0.25) is 0 Å². The Morgan fingerprint density at radius 3 is 2.11 bits per heavy atom. The van der Waals surface area contributed by atoms with Gasteiger partial charge in [0.1, 0.15) is 5.75 Å². The van der Waals surface area contributed by atoms with Crippen LogP contribution < -0.4 is 0 Å². The van der Waals surface area contributed by atoms with Gasteiger partial charge in [0.05, 0.1) is 0 Å². The molecule has 0 saturated carbocycles. The van der Waals surface area contributed by atoms with Crippen LogP contribution in [0.4, 0.5) is 0 Å². The summed E-state index contributed by atoms with van der Waals surface area (Å²) >= 11 is 0. The molecule has 6 rings (SSSR count). The number of phenols is 1. The molecule has 1 aliphatic rings. The van der Waals surface area contributed by atoms with E-state index in [1.54, 1.807) is 19.1 Å². The third-order valence-electron chi connectivity index (χ3n) is 7.61. The number of aryl methyl sites for hydroxylation is 2. The average Bonchev–Trinajstić information content (AvgIpc) is 3.22. The molecule has 1 atom stereocenters. The minimum Gasteiger partial charge on any atom is -0.508 e. The molecule has 0 radical (unpaired) electrons. The van der Waals surface area contributed by atoms with Gasteiger partial charge in [0.25, 0.3) is 0 Å². The van der Waals surface area contributed by atoms with E-state index in [-0.39, 0.29) is 23.2 Å². The van der Waals surface area contributed by atoms with Crippen LogP contribution in [0.1, 0.15) is 66.9 Å². The van der Waals surface area contributed by atoms with Crippen LogP contribution in [0, 0.1) is 13.8 Å². The van der Waals surface area contributed by atoms with Crippen molar-refractivity contribution in [3.05, 3.63) is 136 Å². The fourth-order valence-electron chi connectivity index (χ4n) is 5.79. The van der Waals surface area contributed by atoms with E-state index < -0.39 is 0 Å². The first-order valence-electron chi connectivity index (χ1n) is 12.5. The van der Waals surface area contributed by atoms with E-state index >= 15 is 0 Å². The SMILES string of the molecule is CC(=O)c1ccc2c3c(ccc2c1)-c1ccc(C(=O)c2c(C)cccc2C)cc1C3c1ccc(O)cc1. The second-order valence-electron chi connectivity index (χ2n) is 9.94. The maximum absolute atomic E-state index is 13.7. The average molecular weight is 483 g/mol. The van der Waals surface area contributed by atoms with Gasteiger partial charge >= 0.3 is 0 Å². The molecular weight excluding hydrogens is 456 g/mol. The Morgan fingerprint density at radius 1 is 0.730 bits per heavy atom. The topological polar surface area (TPSA) is 54.4 Å². The highest BCUT2D eigenvalue weighted by atomic mass is 16.3. The van der Waals surface area contributed by atoms with Gasteiger partial charge in [-0.2, -0.15) is 0 Å². The zero-order valence-corrected chi connectivity index (χ0v) is 21.0. The standard InChI is InChI=1S/C34H26O3/c1-19-5-4-6-20(2)31(19)34(37)25-11-15-28-29-16-10-24-17-23(21(3)35)9-14-27(24)33(29)32(30(28)18-25)22-7-12-26(36)13-8-22/h4-18,32,36H,1-3H3. The Bertz CT molecular complexity index is 1720. The highest BCUT2D eigenvalue weighted by Crippen LogP contribution is 2.51. The Labute approximate surface area is 216 Å². The van der Waals surface area contributed by atoms with Crippen molar-refractivity contribution in [1.29, 1.82) is 0 Å². The van der Waals surface area contributed by atoms with Gasteiger partial charge in [0, 0.05) is 22.6 Å². The molecule has 5 aromatic rings. The zero-order valence-electron chi connectivity index (χ0n) is 21.0. The molecule has 37 heavy (non-hydrogen) atoms. The number of fused-ring (bicyclic) bond motifs is 5. The number of phenolic OH excluding ortho intramolecular Hbond substituents is 1. The van der Waals surface area contributed by atoms with Gasteiger partial charge in [-0.25, -0.2) is 0 Å². The van der Waals surface area contributed by atoms with Crippen LogP contribution in [0.3, 0.4) is 0 Å². The molecule has 180 valence electrons. The molecule has 1 N–H and O–H groups in total. The number of ketones is 2. The molecule has 0 amide bonds. The second kappa shape index (κ2) is 8.56. The van der Waals surface area contributed by atoms with Crippen LogP contribution in [-0.2, 0) is 0 Å². The summed E-state index contributed by atoms with van der Waals surface area (Å²) in [5, 5.41) is 12.1. The molecule has 0 fully saturated rings. The zero-order chi connectivity index (χ0) is 25.8. The number of Topliss-reactive ketones (excluding diaryl/α,β-unsaturated/α-hetero) is 1. The monoisotopic (exact) mass is 482 g/mol. The third-order valence-corrected chi connectivity index (χ3v) is 7.61. The van der Waals surface area contributed by atoms with E-state index in [1.165, 1.54) is 0 Å². The summed E-state index contributed by atoms with van der Waals surface area (Å²) in [6.07, 6.45) is 0. The molecule has 1 unspecified atom stereocenters. The molecule has 0 aliphatic heterocycles. The number of carbonyl (C=O) groups excluding carboxylic acids is 2. The van der Waals surface area contributed by atoms with Crippen molar-refractivity contribution in [2.24, 2.45) is 0 Å². The predicted molar refractivity (Wildman–Crippen MR) is 148 cm³/mol. The van der Waals surface area contributed by atoms with Gasteiger partial charge < -0.3 is 5.11 Å². The number of rotatable bonds is 4. The van der Waals surface area contributed by atoms with E-state index in [0.29, 0.717) is 11.1 Å². The molecule has 1 aliphatic carbocycles. The van der Waals surface area contributed by atoms with Crippen LogP contribution in [0.25, 0.3) is 21.9 Å². The van der Waals surface area contributed by atoms with Crippen molar-refractivity contribution in [2.75, 3.05) is 0 Å². The fourth-order valence-corrected chi connectivity index (χ4v) is 5.79. The summed E-state index contributed by atoms with van der Waals surface area (Å²) in [5.41, 5.74) is 9.53. The highest BCUT2D eigenvalue weighted by molar-refractivity contribution is 6.11. The Kier molecular flexibility index (Phi) is 5.31. The van der Waals surface area contributed by atoms with Gasteiger partial charge in [-0.3, -0.25) is 9.59 Å². The van der Waals surface area contributed by atoms with E-state index in [4.69, 9.17) is 0 Å². The van der Waals surface area contributed by atoms with Crippen molar-refractivity contribution in [2.45, 2.75) is 26.7 Å². The first kappa shape index (κ1) is 22.9. The summed E-state index contributed by atoms with van der Waals surface area (Å²) in [4.78, 5) is 25.7. The lowest BCUT2D eigenvalue weighted by molar-refractivity contribution is 0.101. The van der Waals surface area contributed by atoms with Crippen molar-refractivity contribution >= 4 is 22.3 Å². The van der Waals surface area contributed by atoms with Gasteiger partial charge in [-0.05, 0) is 94.8 Å². The molecule has 0 saturated heterocycles. The van der Waals surface area contributed by atoms with E-state index in [0.717, 1.165) is 55.3 Å². The van der Waals surface area contributed by atoms with Gasteiger partial charge in [-0.1, -0.05) is 66.7 Å². The van der Waals surface area contributed by atoms with E-state index in [2.05, 4.69) is 18.2 Å². The molecular formula is C34H26O3. The minimum absolute atomic E-state index is 0.0229. The van der Waals surface area contributed by atoms with Crippen molar-refractivity contribution in [3.8, 4) is 16.9 Å². The summed E-state index contributed by atoms with van der Waals surface area (Å²) in [6, 6.07) is 29.3. The van der Waals surface area contributed by atoms with Crippen molar-refractivity contribution in [1.82, 2.24) is 0 Å². The van der Waals surface area contributed by atoms with Crippen LogP contribution in [0.15, 0.2) is 91.0 Å². The Hall–Kier alpha value is -4.50. The number of hydrogen-bond donors (Lipinski definition) is 1. The Balaban J connectivity index is 1.58. The second-order valence-corrected chi connectivity index (χ2v) is 9.94. The number of benzene rings is 5. The lowest BCUT2D eigenvalue weighted by atomic mass is 9.85. The lowest BCUT2D eigenvalue weighted by Crippen LogP contribution is -2.08. The van der Waals surface area contributed by atoms with Crippen LogP contribution >= 0.6 is 0 Å². The number of carbonyl (C=O) groups is 2. The molecule has 0 heterocycles. The quantitative estimate of drug-likeness (QED) is 0.261. The summed E-state index contributed by atoms with van der Waals surface area (Å²) in [6.45, 7) is 5.53. The summed E-state index contributed by atoms with van der Waals surface area (Å²) in [7, 11) is 0. The molecule has 0 spiro atoms. The molecule has 3 nitrogen and oxygen atoms in total. The minimum atomic E-state index is -0.108. The highest BCUT2D eigenvalue weighted by Gasteiger charge is 2.32. The molecule has 3 heteroatoms. The maximum Gasteiger partial charge on any atom is 0.193 e. The maximum atomic E-state index is 13.7. The summed E-state index contributed by atoms with van der Waals surface area (Å²) in [5.74, 6) is 0.165. The van der Waals surface area contributed by atoms with Gasteiger partial charge in [0.15, 0.2) is 11.6 Å². The smallest absolute Gasteiger partial charge is 0.193 e. The molecule has 0 aromatic heterocycles. The van der Waals surface area contributed by atoms with Crippen LogP contribution in [0.5, 0.6) is 5.75 Å². The largest absolute Gasteiger partial charge is 0.508 e. The first-order valence-corrected chi connectivity index (χ1v) is 12.5. The fraction of sp³-hybridized carbons (Fsp3) is 0.118. The number of aromatic hydroxyl groups is 1. The van der Waals surface area contributed by atoms with E-state index in [1.807, 2.05) is 74.5 Å². The van der Waals surface area contributed by atoms with Gasteiger partial charge in [0.2, 0.25) is 0 Å². The normalized spacial score (nSPS) is 13.9. The van der Waals surface area contributed by atoms with Crippen molar-refractivity contribution in [3.63, 3.8) is 0 Å². The number of hydrogen-bond acceptors (Lipinski definition) is 3. The first-order chi connectivity index (χ1) is 17.8. The lowest BCUT2D eigenvalue weighted by Gasteiger charge is -2.18. The molecule has 0 bridgehead atoms. The molecule has 5 aromatic carbocycles. The van der Waals surface area contributed by atoms with Crippen molar-refractivity contribution < 1.29 is 14.7 Å². The third kappa shape index (κ3) is 3.66. The summed E-state index contributed by atoms with van der Waals surface area (Å²) < 4.78 is 0. The predicted octanol–water partition coefficient (Wildman–Crippen LogP) is 7.76.